The predicted octanol–water partition coefficient (Wildman–Crippen LogP) is 3.97. The summed E-state index contributed by atoms with van der Waals surface area (Å²) in [7, 11) is 0. The van der Waals surface area contributed by atoms with E-state index in [9.17, 15) is 4.79 Å². The third-order valence-electron chi connectivity index (χ3n) is 4.65. The van der Waals surface area contributed by atoms with Crippen molar-refractivity contribution in [2.75, 3.05) is 30.4 Å². The van der Waals surface area contributed by atoms with Crippen LogP contribution in [0.1, 0.15) is 53.8 Å². The second kappa shape index (κ2) is 8.67. The Labute approximate surface area is 164 Å². The minimum Gasteiger partial charge on any atom is -0.379 e. The fourth-order valence-electron chi connectivity index (χ4n) is 3.38. The average Bonchev–Trinajstić information content (AvgIpc) is 2.87. The molecule has 0 bridgehead atoms. The number of nitrogen functional groups attached to an aromatic ring is 1. The van der Waals surface area contributed by atoms with Crippen molar-refractivity contribution in [3.8, 4) is 0 Å². The Morgan fingerprint density at radius 3 is 2.93 bits per heavy atom. The number of Topliss-reactive ketones (excluding diaryl/α,β-unsaturated/α-hetero) is 1. The number of carbonyl (C=O) groups excluding carboxylic acids is 1. The van der Waals surface area contributed by atoms with E-state index in [4.69, 9.17) is 22.1 Å². The molecule has 27 heavy (non-hydrogen) atoms. The molecule has 1 atom stereocenters. The summed E-state index contributed by atoms with van der Waals surface area (Å²) in [6.45, 7) is 5.77. The number of benzene rings is 1. The first kappa shape index (κ1) is 19.6. The van der Waals surface area contributed by atoms with Crippen molar-refractivity contribution in [3.63, 3.8) is 0 Å². The number of aryl methyl sites for hydroxylation is 1. The molecule has 1 aromatic carbocycles. The minimum atomic E-state index is -0.150. The fraction of sp³-hybridized carbons (Fsp3) is 0.450. The summed E-state index contributed by atoms with van der Waals surface area (Å²) in [5.41, 5.74) is 8.22. The Morgan fingerprint density at radius 2 is 2.19 bits per heavy atom. The fourth-order valence-corrected chi connectivity index (χ4v) is 3.62. The number of rotatable bonds is 5. The Morgan fingerprint density at radius 1 is 1.37 bits per heavy atom. The van der Waals surface area contributed by atoms with Gasteiger partial charge in [0.2, 0.25) is 5.95 Å². The molecule has 1 aliphatic heterocycles. The van der Waals surface area contributed by atoms with Crippen molar-refractivity contribution in [1.29, 1.82) is 0 Å². The summed E-state index contributed by atoms with van der Waals surface area (Å²) in [5, 5.41) is 0.613. The zero-order valence-corrected chi connectivity index (χ0v) is 16.5. The first-order valence-corrected chi connectivity index (χ1v) is 9.65. The summed E-state index contributed by atoms with van der Waals surface area (Å²) >= 11 is 6.53. The lowest BCUT2D eigenvalue weighted by molar-refractivity contribution is 0.0981. The third kappa shape index (κ3) is 4.57. The van der Waals surface area contributed by atoms with Gasteiger partial charge in [-0.3, -0.25) is 4.79 Å². The molecule has 3 rings (SSSR count). The number of hydrogen-bond donors (Lipinski definition) is 1. The van der Waals surface area contributed by atoms with Gasteiger partial charge in [-0.05, 0) is 43.5 Å². The molecule has 1 fully saturated rings. The predicted molar refractivity (Wildman–Crippen MR) is 107 cm³/mol. The van der Waals surface area contributed by atoms with Crippen LogP contribution in [0.5, 0.6) is 0 Å². The van der Waals surface area contributed by atoms with Gasteiger partial charge in [0.1, 0.15) is 5.82 Å². The molecular formula is C20H25ClN4O2. The summed E-state index contributed by atoms with van der Waals surface area (Å²) < 4.78 is 5.82. The first-order chi connectivity index (χ1) is 13.0. The van der Waals surface area contributed by atoms with Gasteiger partial charge in [0.05, 0.1) is 12.6 Å². The average molecular weight is 389 g/mol. The molecular weight excluding hydrogens is 364 g/mol. The van der Waals surface area contributed by atoms with Crippen LogP contribution in [0, 0.1) is 6.92 Å². The quantitative estimate of drug-likeness (QED) is 0.780. The van der Waals surface area contributed by atoms with Gasteiger partial charge in [-0.2, -0.15) is 4.98 Å². The number of nitrogens with zero attached hydrogens (tertiary/aromatic N) is 3. The summed E-state index contributed by atoms with van der Waals surface area (Å²) in [4.78, 5) is 23.1. The zero-order valence-electron chi connectivity index (χ0n) is 15.7. The molecule has 144 valence electrons. The summed E-state index contributed by atoms with van der Waals surface area (Å²) in [6, 6.07) is 7.24. The molecule has 1 aromatic heterocycles. The lowest BCUT2D eigenvalue weighted by Crippen LogP contribution is -2.32. The molecule has 7 heteroatoms. The van der Waals surface area contributed by atoms with Crippen LogP contribution in [-0.4, -0.2) is 35.5 Å². The molecule has 2 heterocycles. The molecule has 0 saturated carbocycles. The van der Waals surface area contributed by atoms with E-state index < -0.39 is 0 Å². The van der Waals surface area contributed by atoms with Gasteiger partial charge in [0, 0.05) is 41.9 Å². The summed E-state index contributed by atoms with van der Waals surface area (Å²) in [5.74, 6) is 1.11. The second-order valence-corrected chi connectivity index (χ2v) is 7.18. The zero-order chi connectivity index (χ0) is 19.4. The number of aromatic nitrogens is 2. The Kier molecular flexibility index (Phi) is 6.29. The molecule has 6 nitrogen and oxygen atoms in total. The van der Waals surface area contributed by atoms with E-state index in [1.165, 1.54) is 0 Å². The van der Waals surface area contributed by atoms with Crippen molar-refractivity contribution in [3.05, 3.63) is 46.1 Å². The Hall–Kier alpha value is -2.18. The number of carbonyl (C=O) groups is 1. The Bertz CT molecular complexity index is 807. The minimum absolute atomic E-state index is 0.124. The highest BCUT2D eigenvalue weighted by Gasteiger charge is 2.27. The van der Waals surface area contributed by atoms with Crippen molar-refractivity contribution < 1.29 is 9.53 Å². The maximum atomic E-state index is 12.4. The van der Waals surface area contributed by atoms with Crippen LogP contribution in [0.4, 0.5) is 11.8 Å². The van der Waals surface area contributed by atoms with Crippen LogP contribution in [0.25, 0.3) is 0 Å². The van der Waals surface area contributed by atoms with Gasteiger partial charge < -0.3 is 15.4 Å². The number of ketones is 1. The van der Waals surface area contributed by atoms with E-state index in [0.29, 0.717) is 30.2 Å². The number of halogens is 1. The normalized spacial score (nSPS) is 17.6. The lowest BCUT2D eigenvalue weighted by Gasteiger charge is -2.31. The van der Waals surface area contributed by atoms with Crippen LogP contribution >= 0.6 is 11.6 Å². The van der Waals surface area contributed by atoms with Gasteiger partial charge in [0.15, 0.2) is 5.78 Å². The highest BCUT2D eigenvalue weighted by Crippen LogP contribution is 2.34. The monoisotopic (exact) mass is 388 g/mol. The molecule has 0 amide bonds. The van der Waals surface area contributed by atoms with Gasteiger partial charge in [0.25, 0.3) is 0 Å². The van der Waals surface area contributed by atoms with Crippen LogP contribution in [0.2, 0.25) is 5.02 Å². The molecule has 0 radical (unpaired) electrons. The maximum Gasteiger partial charge on any atom is 0.222 e. The van der Waals surface area contributed by atoms with Crippen LogP contribution < -0.4 is 10.6 Å². The molecule has 1 unspecified atom stereocenters. The molecule has 0 aliphatic carbocycles. The second-order valence-electron chi connectivity index (χ2n) is 6.77. The molecule has 1 aliphatic rings. The Balaban J connectivity index is 2.03. The van der Waals surface area contributed by atoms with E-state index >= 15 is 0 Å². The molecule has 0 spiro atoms. The smallest absolute Gasteiger partial charge is 0.222 e. The summed E-state index contributed by atoms with van der Waals surface area (Å²) in [6.07, 6.45) is 2.20. The lowest BCUT2D eigenvalue weighted by atomic mass is 9.99. The van der Waals surface area contributed by atoms with E-state index in [-0.39, 0.29) is 17.8 Å². The van der Waals surface area contributed by atoms with Crippen molar-refractivity contribution in [2.45, 2.75) is 39.2 Å². The SMILES string of the molecule is CCCC(=O)c1ccc(Cl)c(C2COCCCN2c2cc(C)nc(N)n2)c1. The van der Waals surface area contributed by atoms with Crippen LogP contribution in [-0.2, 0) is 4.74 Å². The molecule has 2 aromatic rings. The molecule has 2 N–H and O–H groups in total. The molecule has 1 saturated heterocycles. The van der Waals surface area contributed by atoms with E-state index in [1.54, 1.807) is 12.1 Å². The van der Waals surface area contributed by atoms with E-state index in [2.05, 4.69) is 14.9 Å². The van der Waals surface area contributed by atoms with Crippen LogP contribution in [0.15, 0.2) is 24.3 Å². The highest BCUT2D eigenvalue weighted by molar-refractivity contribution is 6.31. The standard InChI is InChI=1S/C20H25ClN4O2/c1-3-5-18(26)14-6-7-16(21)15(11-14)17-12-27-9-4-8-25(17)19-10-13(2)23-20(22)24-19/h6-7,10-11,17H,3-5,8-9,12H2,1-2H3,(H2,22,23,24). The number of hydrogen-bond acceptors (Lipinski definition) is 6. The van der Waals surface area contributed by atoms with Gasteiger partial charge in [-0.1, -0.05) is 18.5 Å². The number of anilines is 2. The first-order valence-electron chi connectivity index (χ1n) is 9.27. The largest absolute Gasteiger partial charge is 0.379 e. The van der Waals surface area contributed by atoms with Gasteiger partial charge in [-0.15, -0.1) is 0 Å². The van der Waals surface area contributed by atoms with Gasteiger partial charge >= 0.3 is 0 Å². The number of ether oxygens (including phenoxy) is 1. The number of nitrogens with two attached hydrogens (primary N) is 1. The highest BCUT2D eigenvalue weighted by atomic mass is 35.5. The van der Waals surface area contributed by atoms with Crippen molar-refractivity contribution in [1.82, 2.24) is 9.97 Å². The van der Waals surface area contributed by atoms with Crippen LogP contribution in [0.3, 0.4) is 0 Å². The van der Waals surface area contributed by atoms with Crippen molar-refractivity contribution in [2.24, 2.45) is 0 Å². The van der Waals surface area contributed by atoms with E-state index in [0.717, 1.165) is 36.5 Å². The third-order valence-corrected chi connectivity index (χ3v) is 4.99. The van der Waals surface area contributed by atoms with Crippen molar-refractivity contribution >= 4 is 29.2 Å². The van der Waals surface area contributed by atoms with E-state index in [1.807, 2.05) is 26.0 Å². The maximum absolute atomic E-state index is 12.4. The topological polar surface area (TPSA) is 81.3 Å². The van der Waals surface area contributed by atoms with Gasteiger partial charge in [-0.25, -0.2) is 4.98 Å².